The lowest BCUT2D eigenvalue weighted by Gasteiger charge is -2.11. The van der Waals surface area contributed by atoms with E-state index in [1.807, 2.05) is 6.92 Å². The van der Waals surface area contributed by atoms with Crippen LogP contribution >= 0.6 is 0 Å². The highest BCUT2D eigenvalue weighted by molar-refractivity contribution is 7.71. The lowest BCUT2D eigenvalue weighted by atomic mass is 10.1. The van der Waals surface area contributed by atoms with Crippen molar-refractivity contribution in [2.45, 2.75) is 26.5 Å². The molecule has 2 aromatic heterocycles. The first-order valence-corrected chi connectivity index (χ1v) is 8.36. The van der Waals surface area contributed by atoms with Crippen molar-refractivity contribution in [2.75, 3.05) is 6.61 Å². The Kier molecular flexibility index (Phi) is 5.09. The summed E-state index contributed by atoms with van der Waals surface area (Å²) in [6.07, 6.45) is 1.58. The van der Waals surface area contributed by atoms with Crippen molar-refractivity contribution < 1.29 is 17.9 Å². The smallest absolute Gasteiger partial charge is 0.342 e. The number of thiol groups is 1. The Morgan fingerprint density at radius 3 is 2.52 bits per heavy atom. The van der Waals surface area contributed by atoms with Gasteiger partial charge in [-0.2, -0.15) is 5.10 Å². The van der Waals surface area contributed by atoms with E-state index in [4.69, 9.17) is 4.74 Å². The molecule has 2 aromatic rings. The molecule has 9 heteroatoms. The molecular weight excluding hydrogens is 320 g/mol. The van der Waals surface area contributed by atoms with Crippen LogP contribution in [0.25, 0.3) is 11.3 Å². The van der Waals surface area contributed by atoms with E-state index in [2.05, 4.69) is 15.1 Å². The fourth-order valence-electron chi connectivity index (χ4n) is 2.19. The largest absolute Gasteiger partial charge is 0.462 e. The number of aryl methyl sites for hydroxylation is 2. The normalized spacial score (nSPS) is 11.0. The third-order valence-electron chi connectivity index (χ3n) is 3.38. The predicted octanol–water partition coefficient (Wildman–Crippen LogP) is 0.782. The number of aromatic nitrogens is 4. The minimum atomic E-state index is -2.67. The van der Waals surface area contributed by atoms with Gasteiger partial charge in [-0.15, -0.1) is 0 Å². The fourth-order valence-corrected chi connectivity index (χ4v) is 2.56. The van der Waals surface area contributed by atoms with E-state index < -0.39 is 16.7 Å². The van der Waals surface area contributed by atoms with E-state index in [0.717, 1.165) is 5.69 Å². The molecule has 0 atom stereocenters. The number of ether oxygens (including phenoxy) is 1. The first-order chi connectivity index (χ1) is 10.8. The first-order valence-electron chi connectivity index (χ1n) is 7.00. The molecule has 0 aliphatic rings. The van der Waals surface area contributed by atoms with Crippen molar-refractivity contribution in [3.05, 3.63) is 29.0 Å². The minimum Gasteiger partial charge on any atom is -0.462 e. The molecule has 0 unspecified atom stereocenters. The highest BCUT2D eigenvalue weighted by Crippen LogP contribution is 2.27. The standard InChI is InChI=1S/C14H18N4O4S/c1-5-22-14(19)12-8(2)16-11(7-23(20)21)17-13(12)10-6-15-18(4)9(10)3/h6,23H,5,7H2,1-4H3. The molecule has 0 spiro atoms. The van der Waals surface area contributed by atoms with Crippen molar-refractivity contribution in [1.29, 1.82) is 0 Å². The molecule has 8 nitrogen and oxygen atoms in total. The SMILES string of the molecule is CCOC(=O)c1c(C)nc(C[SH](=O)=O)nc1-c1cnn(C)c1C. The third-order valence-corrected chi connectivity index (χ3v) is 3.92. The Hall–Kier alpha value is -2.29. The van der Waals surface area contributed by atoms with Crippen LogP contribution in [-0.2, 0) is 28.2 Å². The molecule has 0 bridgehead atoms. The van der Waals surface area contributed by atoms with Crippen LogP contribution in [0.4, 0.5) is 0 Å². The van der Waals surface area contributed by atoms with Crippen LogP contribution in [0.2, 0.25) is 0 Å². The van der Waals surface area contributed by atoms with E-state index in [1.165, 1.54) is 0 Å². The van der Waals surface area contributed by atoms with Crippen molar-refractivity contribution in [3.8, 4) is 11.3 Å². The summed E-state index contributed by atoms with van der Waals surface area (Å²) < 4.78 is 28.7. The lowest BCUT2D eigenvalue weighted by molar-refractivity contribution is 0.0525. The van der Waals surface area contributed by atoms with Gasteiger partial charge in [0.1, 0.15) is 27.8 Å². The predicted molar refractivity (Wildman–Crippen MR) is 83.7 cm³/mol. The van der Waals surface area contributed by atoms with Gasteiger partial charge in [0, 0.05) is 18.3 Å². The average molecular weight is 338 g/mol. The second-order valence-corrected chi connectivity index (χ2v) is 5.91. The maximum atomic E-state index is 12.3. The zero-order valence-electron chi connectivity index (χ0n) is 13.4. The van der Waals surface area contributed by atoms with E-state index in [0.29, 0.717) is 17.0 Å². The second-order valence-electron chi connectivity index (χ2n) is 4.93. The van der Waals surface area contributed by atoms with Gasteiger partial charge in [0.15, 0.2) is 0 Å². The van der Waals surface area contributed by atoms with Gasteiger partial charge in [-0.25, -0.2) is 23.2 Å². The van der Waals surface area contributed by atoms with Gasteiger partial charge in [0.2, 0.25) is 0 Å². The number of hydrogen-bond acceptors (Lipinski definition) is 7. The van der Waals surface area contributed by atoms with E-state index >= 15 is 0 Å². The van der Waals surface area contributed by atoms with Crippen LogP contribution in [-0.4, -0.2) is 40.7 Å². The maximum Gasteiger partial charge on any atom is 0.342 e. The van der Waals surface area contributed by atoms with Crippen molar-refractivity contribution in [1.82, 2.24) is 19.7 Å². The molecular formula is C14H18N4O4S. The molecule has 0 aromatic carbocycles. The van der Waals surface area contributed by atoms with Gasteiger partial charge in [0.05, 0.1) is 24.2 Å². The van der Waals surface area contributed by atoms with Gasteiger partial charge < -0.3 is 4.74 Å². The highest BCUT2D eigenvalue weighted by atomic mass is 32.2. The summed E-state index contributed by atoms with van der Waals surface area (Å²) in [6.45, 7) is 5.39. The topological polar surface area (TPSA) is 104 Å². The second kappa shape index (κ2) is 6.86. The molecule has 0 fully saturated rings. The Balaban J connectivity index is 2.70. The quantitative estimate of drug-likeness (QED) is 0.634. The van der Waals surface area contributed by atoms with Gasteiger partial charge in [0.25, 0.3) is 0 Å². The van der Waals surface area contributed by atoms with Crippen LogP contribution in [0.15, 0.2) is 6.20 Å². The molecule has 124 valence electrons. The van der Waals surface area contributed by atoms with E-state index in [-0.39, 0.29) is 23.7 Å². The minimum absolute atomic E-state index is 0.143. The van der Waals surface area contributed by atoms with Crippen LogP contribution < -0.4 is 0 Å². The maximum absolute atomic E-state index is 12.3. The van der Waals surface area contributed by atoms with Crippen LogP contribution in [0.1, 0.15) is 34.5 Å². The highest BCUT2D eigenvalue weighted by Gasteiger charge is 2.23. The molecule has 0 aliphatic carbocycles. The molecule has 2 heterocycles. The number of esters is 1. The molecule has 0 saturated carbocycles. The number of nitrogens with zero attached hydrogens (tertiary/aromatic N) is 4. The Bertz CT molecular complexity index is 818. The first kappa shape index (κ1) is 17.1. The summed E-state index contributed by atoms with van der Waals surface area (Å²) >= 11 is 0. The average Bonchev–Trinajstić information content (AvgIpc) is 2.77. The Labute approximate surface area is 135 Å². The molecule has 0 aliphatic heterocycles. The number of carbonyl (C=O) groups is 1. The van der Waals surface area contributed by atoms with Gasteiger partial charge in [-0.05, 0) is 20.8 Å². The molecule has 0 radical (unpaired) electrons. The molecule has 0 N–H and O–H groups in total. The number of hydrogen-bond donors (Lipinski definition) is 1. The van der Waals surface area contributed by atoms with Crippen LogP contribution in [0.3, 0.4) is 0 Å². The monoisotopic (exact) mass is 338 g/mol. The molecule has 23 heavy (non-hydrogen) atoms. The van der Waals surface area contributed by atoms with Crippen LogP contribution in [0, 0.1) is 13.8 Å². The lowest BCUT2D eigenvalue weighted by Crippen LogP contribution is -2.14. The Morgan fingerprint density at radius 2 is 2.00 bits per heavy atom. The summed E-state index contributed by atoms with van der Waals surface area (Å²) in [5.41, 5.74) is 2.39. The summed E-state index contributed by atoms with van der Waals surface area (Å²) in [4.78, 5) is 20.7. The molecule has 0 saturated heterocycles. The fraction of sp³-hybridized carbons (Fsp3) is 0.429. The van der Waals surface area contributed by atoms with Crippen molar-refractivity contribution in [3.63, 3.8) is 0 Å². The summed E-state index contributed by atoms with van der Waals surface area (Å²) in [7, 11) is -0.896. The van der Waals surface area contributed by atoms with Gasteiger partial charge >= 0.3 is 5.97 Å². The van der Waals surface area contributed by atoms with E-state index in [9.17, 15) is 13.2 Å². The number of rotatable bonds is 5. The molecule has 2 rings (SSSR count). The Morgan fingerprint density at radius 1 is 1.30 bits per heavy atom. The van der Waals surface area contributed by atoms with E-state index in [1.54, 1.807) is 31.8 Å². The summed E-state index contributed by atoms with van der Waals surface area (Å²) in [6, 6.07) is 0. The van der Waals surface area contributed by atoms with Gasteiger partial charge in [-0.1, -0.05) is 0 Å². The van der Waals surface area contributed by atoms with Crippen molar-refractivity contribution >= 4 is 16.7 Å². The van der Waals surface area contributed by atoms with Crippen LogP contribution in [0.5, 0.6) is 0 Å². The van der Waals surface area contributed by atoms with Gasteiger partial charge in [-0.3, -0.25) is 4.68 Å². The molecule has 0 amide bonds. The number of carbonyl (C=O) groups excluding carboxylic acids is 1. The third kappa shape index (κ3) is 3.55. The summed E-state index contributed by atoms with van der Waals surface area (Å²) in [5, 5.41) is 4.14. The zero-order valence-corrected chi connectivity index (χ0v) is 14.3. The summed E-state index contributed by atoms with van der Waals surface area (Å²) in [5.74, 6) is -0.683. The zero-order chi connectivity index (χ0) is 17.1. The van der Waals surface area contributed by atoms with Crippen molar-refractivity contribution in [2.24, 2.45) is 7.05 Å².